The second kappa shape index (κ2) is 14.9. The third-order valence-corrected chi connectivity index (χ3v) is 3.91. The van der Waals surface area contributed by atoms with Crippen molar-refractivity contribution in [3.05, 3.63) is 0 Å². The summed E-state index contributed by atoms with van der Waals surface area (Å²) in [7, 11) is 0. The lowest BCUT2D eigenvalue weighted by Gasteiger charge is -2.22. The van der Waals surface area contributed by atoms with E-state index in [9.17, 15) is 4.79 Å². The average Bonchev–Trinajstić information content (AvgIpc) is 2.46. The fourth-order valence-electron chi connectivity index (χ4n) is 2.48. The molecule has 0 radical (unpaired) electrons. The van der Waals surface area contributed by atoms with Crippen LogP contribution in [0.5, 0.6) is 0 Å². The number of hydrogen-bond acceptors (Lipinski definition) is 1. The molecule has 0 rings (SSSR count). The first-order chi connectivity index (χ1) is 9.76. The molecule has 120 valence electrons. The Morgan fingerprint density at radius 2 is 1.15 bits per heavy atom. The van der Waals surface area contributed by atoms with Gasteiger partial charge in [-0.2, -0.15) is 0 Å². The molecule has 20 heavy (non-hydrogen) atoms. The predicted molar refractivity (Wildman–Crippen MR) is 89.0 cm³/mol. The number of unbranched alkanes of at least 4 members (excludes halogenated alkanes) is 8. The highest BCUT2D eigenvalue weighted by Crippen LogP contribution is 2.09. The van der Waals surface area contributed by atoms with Crippen LogP contribution < -0.4 is 0 Å². The van der Waals surface area contributed by atoms with E-state index in [-0.39, 0.29) is 0 Å². The Morgan fingerprint density at radius 3 is 1.75 bits per heavy atom. The maximum atomic E-state index is 12.3. The Balaban J connectivity index is 3.87. The third kappa shape index (κ3) is 11.3. The lowest BCUT2D eigenvalue weighted by Crippen LogP contribution is -2.32. The van der Waals surface area contributed by atoms with Crippen molar-refractivity contribution in [3.63, 3.8) is 0 Å². The molecule has 0 aromatic carbocycles. The quantitative estimate of drug-likeness (QED) is 0.382. The maximum Gasteiger partial charge on any atom is 0.222 e. The van der Waals surface area contributed by atoms with Crippen LogP contribution in [0, 0.1) is 0 Å². The second-order valence-electron chi connectivity index (χ2n) is 5.96. The summed E-state index contributed by atoms with van der Waals surface area (Å²) in [4.78, 5) is 14.4. The standard InChI is InChI=1S/C18H37NO/c1-4-7-10-12-13-15-18(20)19(16-9-6-3)17-14-11-8-5-2/h4-17H2,1-3H3. The average molecular weight is 283 g/mol. The van der Waals surface area contributed by atoms with E-state index in [1.165, 1.54) is 57.8 Å². The van der Waals surface area contributed by atoms with Crippen LogP contribution in [0.3, 0.4) is 0 Å². The summed E-state index contributed by atoms with van der Waals surface area (Å²) in [6, 6.07) is 0. The SMILES string of the molecule is CCCCCCCC(=O)N(CCCC)CCCCCC. The molecule has 0 aliphatic rings. The normalized spacial score (nSPS) is 10.8. The Labute approximate surface area is 127 Å². The molecule has 0 aliphatic heterocycles. The predicted octanol–water partition coefficient (Wildman–Crippen LogP) is 5.56. The molecule has 0 saturated carbocycles. The van der Waals surface area contributed by atoms with Crippen LogP contribution in [-0.4, -0.2) is 23.9 Å². The van der Waals surface area contributed by atoms with Crippen LogP contribution in [-0.2, 0) is 4.79 Å². The molecule has 1 amide bonds. The van der Waals surface area contributed by atoms with Gasteiger partial charge in [0, 0.05) is 19.5 Å². The molecule has 0 heterocycles. The van der Waals surface area contributed by atoms with Gasteiger partial charge in [0.2, 0.25) is 5.91 Å². The van der Waals surface area contributed by atoms with Crippen LogP contribution in [0.4, 0.5) is 0 Å². The number of amides is 1. The lowest BCUT2D eigenvalue weighted by molar-refractivity contribution is -0.131. The largest absolute Gasteiger partial charge is 0.343 e. The lowest BCUT2D eigenvalue weighted by atomic mass is 10.1. The number of hydrogen-bond donors (Lipinski definition) is 0. The van der Waals surface area contributed by atoms with Gasteiger partial charge in [0.1, 0.15) is 0 Å². The van der Waals surface area contributed by atoms with Gasteiger partial charge in [-0.25, -0.2) is 0 Å². The minimum atomic E-state index is 0.395. The molecule has 0 atom stereocenters. The molecule has 0 fully saturated rings. The minimum Gasteiger partial charge on any atom is -0.343 e. The zero-order chi connectivity index (χ0) is 15.1. The zero-order valence-electron chi connectivity index (χ0n) is 14.3. The van der Waals surface area contributed by atoms with Gasteiger partial charge in [-0.05, 0) is 19.3 Å². The Hall–Kier alpha value is -0.530. The van der Waals surface area contributed by atoms with Crippen molar-refractivity contribution >= 4 is 5.91 Å². The molecular weight excluding hydrogens is 246 g/mol. The molecule has 2 nitrogen and oxygen atoms in total. The third-order valence-electron chi connectivity index (χ3n) is 3.91. The highest BCUT2D eigenvalue weighted by atomic mass is 16.2. The summed E-state index contributed by atoms with van der Waals surface area (Å²) in [6.07, 6.45) is 14.3. The van der Waals surface area contributed by atoms with Crippen molar-refractivity contribution in [2.75, 3.05) is 13.1 Å². The highest BCUT2D eigenvalue weighted by Gasteiger charge is 2.11. The summed E-state index contributed by atoms with van der Waals surface area (Å²) in [6.45, 7) is 8.61. The van der Waals surface area contributed by atoms with Gasteiger partial charge in [0.05, 0.1) is 0 Å². The summed E-state index contributed by atoms with van der Waals surface area (Å²) in [5, 5.41) is 0. The molecule has 0 saturated heterocycles. The number of rotatable bonds is 14. The molecule has 0 bridgehead atoms. The number of nitrogens with zero attached hydrogens (tertiary/aromatic N) is 1. The van der Waals surface area contributed by atoms with E-state index in [0.29, 0.717) is 5.91 Å². The van der Waals surface area contributed by atoms with Crippen LogP contribution >= 0.6 is 0 Å². The first kappa shape index (κ1) is 19.5. The molecule has 0 aliphatic carbocycles. The van der Waals surface area contributed by atoms with Gasteiger partial charge in [0.25, 0.3) is 0 Å². The van der Waals surface area contributed by atoms with E-state index in [4.69, 9.17) is 0 Å². The zero-order valence-corrected chi connectivity index (χ0v) is 14.3. The van der Waals surface area contributed by atoms with Crippen LogP contribution in [0.15, 0.2) is 0 Å². The first-order valence-corrected chi connectivity index (χ1v) is 9.04. The van der Waals surface area contributed by atoms with Crippen molar-refractivity contribution in [1.29, 1.82) is 0 Å². The summed E-state index contributed by atoms with van der Waals surface area (Å²) < 4.78 is 0. The Bertz CT molecular complexity index is 215. The van der Waals surface area contributed by atoms with E-state index in [2.05, 4.69) is 25.7 Å². The molecular formula is C18H37NO. The van der Waals surface area contributed by atoms with Gasteiger partial charge in [0.15, 0.2) is 0 Å². The van der Waals surface area contributed by atoms with Crippen LogP contribution in [0.1, 0.15) is 97.8 Å². The molecule has 0 unspecified atom stereocenters. The molecule has 2 heteroatoms. The van der Waals surface area contributed by atoms with E-state index in [0.717, 1.165) is 32.4 Å². The van der Waals surface area contributed by atoms with Crippen molar-refractivity contribution in [2.45, 2.75) is 97.8 Å². The monoisotopic (exact) mass is 283 g/mol. The van der Waals surface area contributed by atoms with E-state index >= 15 is 0 Å². The highest BCUT2D eigenvalue weighted by molar-refractivity contribution is 5.76. The molecule has 0 aromatic heterocycles. The topological polar surface area (TPSA) is 20.3 Å². The van der Waals surface area contributed by atoms with Crippen molar-refractivity contribution in [3.8, 4) is 0 Å². The number of carbonyl (C=O) groups is 1. The fourth-order valence-corrected chi connectivity index (χ4v) is 2.48. The van der Waals surface area contributed by atoms with Crippen molar-refractivity contribution < 1.29 is 4.79 Å². The Kier molecular flexibility index (Phi) is 14.5. The molecule has 0 spiro atoms. The number of carbonyl (C=O) groups excluding carboxylic acids is 1. The summed E-state index contributed by atoms with van der Waals surface area (Å²) in [5.41, 5.74) is 0. The van der Waals surface area contributed by atoms with E-state index < -0.39 is 0 Å². The van der Waals surface area contributed by atoms with E-state index in [1.807, 2.05) is 0 Å². The van der Waals surface area contributed by atoms with Crippen molar-refractivity contribution in [2.24, 2.45) is 0 Å². The van der Waals surface area contributed by atoms with Gasteiger partial charge in [-0.15, -0.1) is 0 Å². The fraction of sp³-hybridized carbons (Fsp3) is 0.944. The second-order valence-corrected chi connectivity index (χ2v) is 5.96. The smallest absolute Gasteiger partial charge is 0.222 e. The molecule has 0 aromatic rings. The summed E-state index contributed by atoms with van der Waals surface area (Å²) in [5.74, 6) is 0.395. The van der Waals surface area contributed by atoms with E-state index in [1.54, 1.807) is 0 Å². The van der Waals surface area contributed by atoms with Gasteiger partial charge in [-0.1, -0.05) is 72.1 Å². The molecule has 0 N–H and O–H groups in total. The minimum absolute atomic E-state index is 0.395. The van der Waals surface area contributed by atoms with Gasteiger partial charge < -0.3 is 4.90 Å². The summed E-state index contributed by atoms with van der Waals surface area (Å²) >= 11 is 0. The maximum absolute atomic E-state index is 12.3. The van der Waals surface area contributed by atoms with Crippen molar-refractivity contribution in [1.82, 2.24) is 4.90 Å². The van der Waals surface area contributed by atoms with Gasteiger partial charge >= 0.3 is 0 Å². The Morgan fingerprint density at radius 1 is 0.650 bits per heavy atom. The van der Waals surface area contributed by atoms with Gasteiger partial charge in [-0.3, -0.25) is 4.79 Å². The first-order valence-electron chi connectivity index (χ1n) is 9.04. The van der Waals surface area contributed by atoms with Crippen LogP contribution in [0.2, 0.25) is 0 Å². The van der Waals surface area contributed by atoms with Crippen LogP contribution in [0.25, 0.3) is 0 Å².